The van der Waals surface area contributed by atoms with Gasteiger partial charge in [-0.15, -0.1) is 11.3 Å². The Morgan fingerprint density at radius 1 is 1.33 bits per heavy atom. The van der Waals surface area contributed by atoms with Crippen molar-refractivity contribution in [1.29, 1.82) is 0 Å². The quantitative estimate of drug-likeness (QED) is 0.746. The van der Waals surface area contributed by atoms with E-state index in [1.807, 2.05) is 18.2 Å². The minimum atomic E-state index is 0.791. The number of thiazole rings is 1. The van der Waals surface area contributed by atoms with Crippen molar-refractivity contribution in [3.63, 3.8) is 0 Å². The summed E-state index contributed by atoms with van der Waals surface area (Å²) >= 11 is 7.75. The maximum absolute atomic E-state index is 6.02. The summed E-state index contributed by atoms with van der Waals surface area (Å²) in [6.07, 6.45) is 1.15. The van der Waals surface area contributed by atoms with E-state index in [1.54, 1.807) is 11.3 Å². The molecule has 1 aromatic carbocycles. The average molecular weight is 324 g/mol. The molecule has 0 radical (unpaired) electrons. The van der Waals surface area contributed by atoms with Gasteiger partial charge in [0, 0.05) is 30.0 Å². The van der Waals surface area contributed by atoms with Gasteiger partial charge in [0.15, 0.2) is 0 Å². The van der Waals surface area contributed by atoms with E-state index < -0.39 is 0 Å². The van der Waals surface area contributed by atoms with E-state index in [0.717, 1.165) is 48.3 Å². The first-order valence-corrected chi connectivity index (χ1v) is 8.50. The van der Waals surface area contributed by atoms with Crippen LogP contribution in [0.2, 0.25) is 5.02 Å². The maximum Gasteiger partial charge on any atom is 0.107 e. The zero-order valence-corrected chi connectivity index (χ0v) is 14.2. The van der Waals surface area contributed by atoms with Crippen LogP contribution in [-0.4, -0.2) is 23.5 Å². The molecule has 1 N–H and O–H groups in total. The Bertz CT molecular complexity index is 556. The van der Waals surface area contributed by atoms with Crippen LogP contribution in [0.5, 0.6) is 0 Å². The molecule has 1 heterocycles. The van der Waals surface area contributed by atoms with Crippen molar-refractivity contribution in [2.24, 2.45) is 0 Å². The maximum atomic E-state index is 6.02. The van der Waals surface area contributed by atoms with E-state index >= 15 is 0 Å². The molecule has 0 saturated heterocycles. The smallest absolute Gasteiger partial charge is 0.107 e. The number of aromatic nitrogens is 1. The van der Waals surface area contributed by atoms with Gasteiger partial charge >= 0.3 is 0 Å². The lowest BCUT2D eigenvalue weighted by Crippen LogP contribution is -2.18. The monoisotopic (exact) mass is 323 g/mol. The lowest BCUT2D eigenvalue weighted by atomic mass is 10.2. The van der Waals surface area contributed by atoms with E-state index in [1.165, 1.54) is 5.56 Å². The van der Waals surface area contributed by atoms with Crippen molar-refractivity contribution >= 4 is 22.9 Å². The van der Waals surface area contributed by atoms with Crippen molar-refractivity contribution in [2.75, 3.05) is 13.6 Å². The predicted octanol–water partition coefficient (Wildman–Crippen LogP) is 3.93. The summed E-state index contributed by atoms with van der Waals surface area (Å²) in [6.45, 7) is 5.82. The molecule has 21 heavy (non-hydrogen) atoms. The summed E-state index contributed by atoms with van der Waals surface area (Å²) in [5.41, 5.74) is 2.36. The van der Waals surface area contributed by atoms with Crippen molar-refractivity contribution in [3.05, 3.63) is 50.9 Å². The van der Waals surface area contributed by atoms with Crippen molar-refractivity contribution < 1.29 is 0 Å². The molecule has 0 atom stereocenters. The molecule has 0 aliphatic carbocycles. The normalized spacial score (nSPS) is 11.2. The summed E-state index contributed by atoms with van der Waals surface area (Å²) in [4.78, 5) is 6.92. The van der Waals surface area contributed by atoms with Gasteiger partial charge in [-0.25, -0.2) is 4.98 Å². The molecule has 0 bridgehead atoms. The predicted molar refractivity (Wildman–Crippen MR) is 90.7 cm³/mol. The van der Waals surface area contributed by atoms with Gasteiger partial charge in [-0.2, -0.15) is 0 Å². The molecule has 0 fully saturated rings. The van der Waals surface area contributed by atoms with E-state index in [-0.39, 0.29) is 0 Å². The van der Waals surface area contributed by atoms with E-state index in [2.05, 4.69) is 40.6 Å². The largest absolute Gasteiger partial charge is 0.310 e. The Morgan fingerprint density at radius 3 is 2.95 bits per heavy atom. The number of hydrogen-bond donors (Lipinski definition) is 1. The molecule has 0 unspecified atom stereocenters. The molecular formula is C16H22ClN3S. The van der Waals surface area contributed by atoms with Crippen LogP contribution in [-0.2, 0) is 19.6 Å². The van der Waals surface area contributed by atoms with Crippen LogP contribution in [0.4, 0.5) is 0 Å². The molecule has 0 amide bonds. The highest BCUT2D eigenvalue weighted by Gasteiger charge is 2.06. The first kappa shape index (κ1) is 16.4. The summed E-state index contributed by atoms with van der Waals surface area (Å²) in [6, 6.07) is 8.01. The van der Waals surface area contributed by atoms with Crippen LogP contribution < -0.4 is 5.32 Å². The molecule has 1 aromatic heterocycles. The van der Waals surface area contributed by atoms with E-state index in [9.17, 15) is 0 Å². The molecule has 114 valence electrons. The number of nitrogens with zero attached hydrogens (tertiary/aromatic N) is 2. The van der Waals surface area contributed by atoms with Crippen LogP contribution in [0, 0.1) is 0 Å². The topological polar surface area (TPSA) is 28.2 Å². The average Bonchev–Trinajstić information content (AvgIpc) is 2.86. The number of halogens is 1. The highest BCUT2D eigenvalue weighted by atomic mass is 35.5. The first-order chi connectivity index (χ1) is 10.2. The third kappa shape index (κ3) is 5.75. The summed E-state index contributed by atoms with van der Waals surface area (Å²) < 4.78 is 0. The molecule has 2 rings (SSSR count). The highest BCUT2D eigenvalue weighted by Crippen LogP contribution is 2.15. The van der Waals surface area contributed by atoms with E-state index in [0.29, 0.717) is 0 Å². The van der Waals surface area contributed by atoms with Crippen molar-refractivity contribution in [1.82, 2.24) is 15.2 Å². The Hall–Kier alpha value is -0.940. The van der Waals surface area contributed by atoms with Crippen molar-refractivity contribution in [2.45, 2.75) is 33.0 Å². The fourth-order valence-corrected chi connectivity index (χ4v) is 3.12. The molecule has 5 heteroatoms. The van der Waals surface area contributed by atoms with Crippen LogP contribution in [0.3, 0.4) is 0 Å². The van der Waals surface area contributed by atoms with Crippen molar-refractivity contribution in [3.8, 4) is 0 Å². The van der Waals surface area contributed by atoms with E-state index in [4.69, 9.17) is 11.6 Å². The second-order valence-corrected chi connectivity index (χ2v) is 6.59. The number of hydrogen-bond acceptors (Lipinski definition) is 4. The summed E-state index contributed by atoms with van der Waals surface area (Å²) in [5, 5.41) is 7.49. The molecule has 0 saturated carbocycles. The molecule has 3 nitrogen and oxygen atoms in total. The zero-order chi connectivity index (χ0) is 15.1. The second-order valence-electron chi connectivity index (χ2n) is 5.21. The number of benzene rings is 1. The lowest BCUT2D eigenvalue weighted by molar-refractivity contribution is 0.315. The third-order valence-electron chi connectivity index (χ3n) is 3.08. The van der Waals surface area contributed by atoms with Crippen LogP contribution in [0.1, 0.15) is 29.6 Å². The SMILES string of the molecule is CCCNCc1nc(CN(C)Cc2cccc(Cl)c2)cs1. The Balaban J connectivity index is 1.83. The molecule has 0 aliphatic rings. The fraction of sp³-hybridized carbons (Fsp3) is 0.438. The van der Waals surface area contributed by atoms with Gasteiger partial charge in [-0.1, -0.05) is 30.7 Å². The van der Waals surface area contributed by atoms with Gasteiger partial charge in [0.25, 0.3) is 0 Å². The molecular weight excluding hydrogens is 302 g/mol. The van der Waals surface area contributed by atoms with Gasteiger partial charge in [0.05, 0.1) is 5.69 Å². The fourth-order valence-electron chi connectivity index (χ4n) is 2.15. The Labute approximate surface area is 136 Å². The Morgan fingerprint density at radius 2 is 2.19 bits per heavy atom. The molecule has 2 aromatic rings. The zero-order valence-electron chi connectivity index (χ0n) is 12.6. The standard InChI is InChI=1S/C16H22ClN3S/c1-3-7-18-9-16-19-15(12-21-16)11-20(2)10-13-5-4-6-14(17)8-13/h4-6,8,12,18H,3,7,9-11H2,1-2H3. The Kier molecular flexibility index (Phi) is 6.64. The van der Waals surface area contributed by atoms with Crippen LogP contribution in [0.15, 0.2) is 29.6 Å². The van der Waals surface area contributed by atoms with Crippen LogP contribution >= 0.6 is 22.9 Å². The van der Waals surface area contributed by atoms with Gasteiger partial charge in [-0.05, 0) is 37.7 Å². The minimum Gasteiger partial charge on any atom is -0.310 e. The third-order valence-corrected chi connectivity index (χ3v) is 4.21. The van der Waals surface area contributed by atoms with Gasteiger partial charge in [-0.3, -0.25) is 4.90 Å². The van der Waals surface area contributed by atoms with Gasteiger partial charge in [0.1, 0.15) is 5.01 Å². The highest BCUT2D eigenvalue weighted by molar-refractivity contribution is 7.09. The second kappa shape index (κ2) is 8.49. The number of rotatable bonds is 8. The first-order valence-electron chi connectivity index (χ1n) is 7.24. The number of nitrogens with one attached hydrogen (secondary N) is 1. The van der Waals surface area contributed by atoms with Crippen LogP contribution in [0.25, 0.3) is 0 Å². The van der Waals surface area contributed by atoms with Gasteiger partial charge in [0.2, 0.25) is 0 Å². The summed E-state index contributed by atoms with van der Waals surface area (Å²) in [7, 11) is 2.11. The molecule has 0 aliphatic heterocycles. The summed E-state index contributed by atoms with van der Waals surface area (Å²) in [5.74, 6) is 0. The van der Waals surface area contributed by atoms with Gasteiger partial charge < -0.3 is 5.32 Å². The lowest BCUT2D eigenvalue weighted by Gasteiger charge is -2.15. The minimum absolute atomic E-state index is 0.791. The molecule has 0 spiro atoms.